The van der Waals surface area contributed by atoms with E-state index in [-0.39, 0.29) is 51.4 Å². The number of nitrogens with zero attached hydrogens (tertiary/aromatic N) is 1. The monoisotopic (exact) mass is 233 g/mol. The fraction of sp³-hybridized carbons (Fsp3) is 0.917. The van der Waals surface area contributed by atoms with Crippen molar-refractivity contribution in [1.82, 2.24) is 4.90 Å². The smallest absolute Gasteiger partial charge is 0.520 e. The summed E-state index contributed by atoms with van der Waals surface area (Å²) in [6.07, 6.45) is 10.0. The molecule has 1 amide bonds. The fourth-order valence-electron chi connectivity index (χ4n) is 3.26. The molecule has 1 saturated heterocycles. The summed E-state index contributed by atoms with van der Waals surface area (Å²) in [5.74, 6) is 0.992. The molecular formula is C12H20KNO. The van der Waals surface area contributed by atoms with E-state index in [2.05, 4.69) is 6.92 Å². The van der Waals surface area contributed by atoms with Gasteiger partial charge in [-0.2, -0.15) is 6.41 Å². The minimum Gasteiger partial charge on any atom is -0.520 e. The minimum atomic E-state index is 0. The Balaban J connectivity index is 0.00000112. The van der Waals surface area contributed by atoms with Gasteiger partial charge < -0.3 is 9.69 Å². The van der Waals surface area contributed by atoms with Crippen LogP contribution in [0.5, 0.6) is 0 Å². The maximum atomic E-state index is 10.4. The van der Waals surface area contributed by atoms with E-state index in [1.54, 1.807) is 4.90 Å². The van der Waals surface area contributed by atoms with E-state index in [0.29, 0.717) is 5.41 Å². The number of hydrogen-bond donors (Lipinski definition) is 0. The number of rotatable bonds is 3. The molecule has 0 bridgehead atoms. The molecule has 0 aromatic rings. The van der Waals surface area contributed by atoms with Crippen LogP contribution in [-0.2, 0) is 4.79 Å². The fourth-order valence-corrected chi connectivity index (χ4v) is 3.26. The molecule has 1 heterocycles. The number of amides is 1. The van der Waals surface area contributed by atoms with Crippen LogP contribution in [0.2, 0.25) is 0 Å². The molecule has 2 nitrogen and oxygen atoms in total. The summed E-state index contributed by atoms with van der Waals surface area (Å²) in [5.41, 5.74) is 0.632. The Bertz CT molecular complexity index is 204. The van der Waals surface area contributed by atoms with E-state index in [4.69, 9.17) is 0 Å². The van der Waals surface area contributed by atoms with E-state index in [9.17, 15) is 4.79 Å². The second-order valence-electron chi connectivity index (χ2n) is 5.14. The predicted octanol–water partition coefficient (Wildman–Crippen LogP) is -0.650. The van der Waals surface area contributed by atoms with Crippen LogP contribution < -0.4 is 51.4 Å². The first-order valence-corrected chi connectivity index (χ1v) is 5.91. The summed E-state index contributed by atoms with van der Waals surface area (Å²) < 4.78 is 0. The Kier molecular flexibility index (Phi) is 5.81. The summed E-state index contributed by atoms with van der Waals surface area (Å²) in [4.78, 5) is 12.2. The molecule has 0 atom stereocenters. The van der Waals surface area contributed by atoms with E-state index >= 15 is 0 Å². The van der Waals surface area contributed by atoms with Crippen molar-refractivity contribution in [3.8, 4) is 0 Å². The summed E-state index contributed by atoms with van der Waals surface area (Å²) in [5, 5.41) is 0. The zero-order valence-electron chi connectivity index (χ0n) is 10.1. The van der Waals surface area contributed by atoms with Gasteiger partial charge in [-0.05, 0) is 50.1 Å². The van der Waals surface area contributed by atoms with Crippen molar-refractivity contribution in [2.75, 3.05) is 13.1 Å². The second kappa shape index (κ2) is 6.15. The van der Waals surface area contributed by atoms with Crippen LogP contribution >= 0.6 is 0 Å². The maximum Gasteiger partial charge on any atom is 1.00 e. The van der Waals surface area contributed by atoms with Crippen LogP contribution in [0.15, 0.2) is 0 Å². The molecule has 0 unspecified atom stereocenters. The first-order valence-electron chi connectivity index (χ1n) is 5.91. The summed E-state index contributed by atoms with van der Waals surface area (Å²) in [6.45, 7) is 4.17. The van der Waals surface area contributed by atoms with Crippen molar-refractivity contribution in [2.24, 2.45) is 11.3 Å². The van der Waals surface area contributed by atoms with Gasteiger partial charge in [0.15, 0.2) is 0 Å². The Morgan fingerprint density at radius 1 is 1.33 bits per heavy atom. The molecule has 1 saturated carbocycles. The zero-order valence-corrected chi connectivity index (χ0v) is 13.2. The molecule has 2 rings (SSSR count). The van der Waals surface area contributed by atoms with Gasteiger partial charge >= 0.3 is 51.4 Å². The third-order valence-electron chi connectivity index (χ3n) is 4.09. The predicted molar refractivity (Wildman–Crippen MR) is 56.6 cm³/mol. The minimum absolute atomic E-state index is 0. The zero-order chi connectivity index (χ0) is 10.0. The van der Waals surface area contributed by atoms with Crippen molar-refractivity contribution >= 4 is 6.41 Å². The Labute approximate surface area is 136 Å². The van der Waals surface area contributed by atoms with E-state index < -0.39 is 0 Å². The molecule has 3 heteroatoms. The molecule has 0 N–H and O–H groups in total. The van der Waals surface area contributed by atoms with Crippen molar-refractivity contribution in [2.45, 2.75) is 45.4 Å². The SMILES string of the molecule is CCCC1CC2(CCN([C-]=O)CC2)C1.[K+]. The second-order valence-corrected chi connectivity index (χ2v) is 5.14. The van der Waals surface area contributed by atoms with E-state index in [1.807, 2.05) is 6.41 Å². The molecule has 15 heavy (non-hydrogen) atoms. The van der Waals surface area contributed by atoms with Gasteiger partial charge in [-0.1, -0.05) is 19.8 Å². The van der Waals surface area contributed by atoms with Gasteiger partial charge in [0.1, 0.15) is 0 Å². The first-order chi connectivity index (χ1) is 6.78. The van der Waals surface area contributed by atoms with Crippen molar-refractivity contribution in [3.05, 3.63) is 0 Å². The van der Waals surface area contributed by atoms with Crippen LogP contribution in [0.4, 0.5) is 0 Å². The van der Waals surface area contributed by atoms with Gasteiger partial charge in [-0.15, -0.1) is 0 Å². The van der Waals surface area contributed by atoms with Crippen LogP contribution in [-0.4, -0.2) is 24.4 Å². The van der Waals surface area contributed by atoms with Crippen molar-refractivity contribution in [3.63, 3.8) is 0 Å². The molecule has 80 valence electrons. The molecule has 1 spiro atoms. The van der Waals surface area contributed by atoms with Gasteiger partial charge in [-0.25, -0.2) is 0 Å². The first kappa shape index (κ1) is 14.2. The molecule has 1 aliphatic carbocycles. The van der Waals surface area contributed by atoms with Gasteiger partial charge in [0, 0.05) is 0 Å². The summed E-state index contributed by atoms with van der Waals surface area (Å²) >= 11 is 0. The molecule has 0 aromatic heterocycles. The third kappa shape index (κ3) is 3.28. The quantitative estimate of drug-likeness (QED) is 0.469. The summed E-state index contributed by atoms with van der Waals surface area (Å²) in [7, 11) is 0. The normalized spacial score (nSPS) is 24.5. The van der Waals surface area contributed by atoms with Gasteiger partial charge in [0.25, 0.3) is 0 Å². The average molecular weight is 233 g/mol. The molecular weight excluding hydrogens is 213 g/mol. The number of piperidine rings is 1. The Morgan fingerprint density at radius 3 is 2.40 bits per heavy atom. The molecule has 0 aromatic carbocycles. The molecule has 2 aliphatic rings. The van der Waals surface area contributed by atoms with Crippen LogP contribution in [0, 0.1) is 11.3 Å². The Hall–Kier alpha value is 1.11. The van der Waals surface area contributed by atoms with E-state index in [0.717, 1.165) is 19.0 Å². The largest absolute Gasteiger partial charge is 1.00 e. The molecule has 1 aliphatic heterocycles. The van der Waals surface area contributed by atoms with Crippen molar-refractivity contribution in [1.29, 1.82) is 0 Å². The Morgan fingerprint density at radius 2 is 1.93 bits per heavy atom. The number of hydrogen-bond acceptors (Lipinski definition) is 1. The van der Waals surface area contributed by atoms with Crippen molar-refractivity contribution < 1.29 is 56.2 Å². The average Bonchev–Trinajstić information content (AvgIpc) is 2.17. The molecule has 2 fully saturated rings. The number of carbonyl (C=O) groups excluding carboxylic acids is 1. The standard InChI is InChI=1S/C12H20NO.K/c1-2-3-11-8-12(9-11)4-6-13(10-14)7-5-12;/h11H,2-9H2,1H3;/q-1;+1. The third-order valence-corrected chi connectivity index (χ3v) is 4.09. The summed E-state index contributed by atoms with van der Waals surface area (Å²) in [6, 6.07) is 0. The van der Waals surface area contributed by atoms with E-state index in [1.165, 1.54) is 38.5 Å². The number of likely N-dealkylation sites (tertiary alicyclic amines) is 1. The molecule has 0 radical (unpaired) electrons. The van der Waals surface area contributed by atoms with Gasteiger partial charge in [0.2, 0.25) is 0 Å². The van der Waals surface area contributed by atoms with Crippen LogP contribution in [0.25, 0.3) is 0 Å². The maximum absolute atomic E-state index is 10.4. The van der Waals surface area contributed by atoms with Crippen LogP contribution in [0.1, 0.15) is 45.4 Å². The van der Waals surface area contributed by atoms with Gasteiger partial charge in [0.05, 0.1) is 0 Å². The van der Waals surface area contributed by atoms with Gasteiger partial charge in [-0.3, -0.25) is 0 Å². The topological polar surface area (TPSA) is 20.3 Å². The van der Waals surface area contributed by atoms with Crippen LogP contribution in [0.3, 0.4) is 0 Å².